The van der Waals surface area contributed by atoms with E-state index in [-0.39, 0.29) is 12.5 Å². The van der Waals surface area contributed by atoms with Crippen LogP contribution in [0, 0.1) is 5.82 Å². The Morgan fingerprint density at radius 3 is 2.73 bits per heavy atom. The molecule has 0 N–H and O–H groups in total. The molecule has 1 amide bonds. The normalized spacial score (nSPS) is 18.5. The van der Waals surface area contributed by atoms with Crippen LogP contribution in [0.15, 0.2) is 36.5 Å². The molecule has 7 nitrogen and oxygen atoms in total. The highest BCUT2D eigenvalue weighted by Gasteiger charge is 2.38. The number of hydrogen-bond donors (Lipinski definition) is 0. The molecule has 3 rings (SSSR count). The van der Waals surface area contributed by atoms with Crippen LogP contribution in [0.2, 0.25) is 0 Å². The topological polar surface area (TPSA) is 75.5 Å². The Hall–Kier alpha value is -2.26. The van der Waals surface area contributed by atoms with E-state index in [4.69, 9.17) is 0 Å². The fourth-order valence-electron chi connectivity index (χ4n) is 3.26. The number of amides is 1. The maximum atomic E-state index is 13.5. The zero-order valence-electron chi connectivity index (χ0n) is 14.7. The number of benzene rings is 1. The van der Waals surface area contributed by atoms with Crippen LogP contribution in [0.4, 0.5) is 10.2 Å². The van der Waals surface area contributed by atoms with E-state index in [2.05, 4.69) is 5.10 Å². The van der Waals surface area contributed by atoms with Crippen molar-refractivity contribution >= 4 is 21.7 Å². The van der Waals surface area contributed by atoms with Gasteiger partial charge in [-0.2, -0.15) is 9.40 Å². The summed E-state index contributed by atoms with van der Waals surface area (Å²) in [5.74, 6) is -0.108. The van der Waals surface area contributed by atoms with Gasteiger partial charge in [-0.3, -0.25) is 14.4 Å². The van der Waals surface area contributed by atoms with E-state index in [9.17, 15) is 17.6 Å². The molecule has 2 heterocycles. The van der Waals surface area contributed by atoms with Crippen molar-refractivity contribution in [2.24, 2.45) is 7.05 Å². The van der Waals surface area contributed by atoms with Gasteiger partial charge in [-0.15, -0.1) is 0 Å². The third-order valence-corrected chi connectivity index (χ3v) is 5.72. The molecule has 1 aromatic heterocycles. The van der Waals surface area contributed by atoms with Crippen LogP contribution in [0.3, 0.4) is 0 Å². The minimum atomic E-state index is -3.67. The molecular weight excluding hydrogens is 359 g/mol. The molecular formula is C17H21FN4O3S. The number of rotatable bonds is 5. The first kappa shape index (κ1) is 18.5. The van der Waals surface area contributed by atoms with Crippen molar-refractivity contribution in [3.63, 3.8) is 0 Å². The minimum absolute atomic E-state index is 0.0494. The highest BCUT2D eigenvalue weighted by atomic mass is 32.2. The number of sulfonamides is 1. The monoisotopic (exact) mass is 380 g/mol. The lowest BCUT2D eigenvalue weighted by molar-refractivity contribution is -0.123. The summed E-state index contributed by atoms with van der Waals surface area (Å²) in [6.45, 7) is 0.457. The number of carbonyl (C=O) groups is 1. The number of nitrogens with zero attached hydrogens (tertiary/aromatic N) is 4. The molecule has 26 heavy (non-hydrogen) atoms. The molecule has 1 aromatic carbocycles. The summed E-state index contributed by atoms with van der Waals surface area (Å²) in [6.07, 6.45) is 3.75. The first-order chi connectivity index (χ1) is 12.3. The zero-order chi connectivity index (χ0) is 18.9. The lowest BCUT2D eigenvalue weighted by Gasteiger charge is -2.37. The van der Waals surface area contributed by atoms with E-state index in [1.807, 2.05) is 0 Å². The fraction of sp³-hybridized carbons (Fsp3) is 0.412. The molecule has 2 aromatic rings. The summed E-state index contributed by atoms with van der Waals surface area (Å²) in [5.41, 5.74) is 0.501. The van der Waals surface area contributed by atoms with Gasteiger partial charge < -0.3 is 0 Å². The van der Waals surface area contributed by atoms with Crippen molar-refractivity contribution in [2.75, 3.05) is 17.7 Å². The first-order valence-electron chi connectivity index (χ1n) is 8.28. The molecule has 0 spiro atoms. The number of anilines is 1. The highest BCUT2D eigenvalue weighted by molar-refractivity contribution is 7.88. The van der Waals surface area contributed by atoms with Gasteiger partial charge in [-0.05, 0) is 30.5 Å². The van der Waals surface area contributed by atoms with E-state index < -0.39 is 21.9 Å². The lowest BCUT2D eigenvalue weighted by Crippen LogP contribution is -2.54. The molecule has 0 bridgehead atoms. The van der Waals surface area contributed by atoms with E-state index in [1.165, 1.54) is 18.2 Å². The van der Waals surface area contributed by atoms with E-state index in [0.717, 1.165) is 10.6 Å². The standard InChI is InChI=1S/C17H21FN4O3S/c1-20-16(8-9-19-20)21-10-4-7-15(17(21)23)22(26(2,24)25)12-13-5-3-6-14(18)11-13/h3,5-6,8-9,11,15H,4,7,10,12H2,1-2H3/t15-/m0/s1. The third kappa shape index (κ3) is 3.78. The molecule has 1 aliphatic rings. The van der Waals surface area contributed by atoms with Crippen LogP contribution in [-0.4, -0.2) is 47.3 Å². The van der Waals surface area contributed by atoms with Crippen molar-refractivity contribution in [1.82, 2.24) is 14.1 Å². The molecule has 1 aliphatic heterocycles. The number of aryl methyl sites for hydroxylation is 1. The van der Waals surface area contributed by atoms with Gasteiger partial charge in [0.05, 0.1) is 12.5 Å². The molecule has 0 aliphatic carbocycles. The highest BCUT2D eigenvalue weighted by Crippen LogP contribution is 2.26. The number of aromatic nitrogens is 2. The Labute approximate surface area is 152 Å². The Morgan fingerprint density at radius 1 is 1.35 bits per heavy atom. The molecule has 0 unspecified atom stereocenters. The molecule has 1 saturated heterocycles. The van der Waals surface area contributed by atoms with Crippen LogP contribution >= 0.6 is 0 Å². The maximum Gasteiger partial charge on any atom is 0.246 e. The van der Waals surface area contributed by atoms with Crippen molar-refractivity contribution < 1.29 is 17.6 Å². The SMILES string of the molecule is Cn1nccc1N1CCC[C@H](N(Cc2cccc(F)c2)S(C)(=O)=O)C1=O. The Balaban J connectivity index is 1.91. The first-order valence-corrected chi connectivity index (χ1v) is 10.1. The predicted octanol–water partition coefficient (Wildman–Crippen LogP) is 1.52. The second-order valence-corrected chi connectivity index (χ2v) is 8.33. The van der Waals surface area contributed by atoms with Gasteiger partial charge in [0.15, 0.2) is 0 Å². The van der Waals surface area contributed by atoms with Crippen LogP contribution in [-0.2, 0) is 28.4 Å². The van der Waals surface area contributed by atoms with Crippen LogP contribution in [0.5, 0.6) is 0 Å². The molecule has 0 saturated carbocycles. The summed E-state index contributed by atoms with van der Waals surface area (Å²) < 4.78 is 41.0. The Morgan fingerprint density at radius 2 is 2.12 bits per heavy atom. The Kier molecular flexibility index (Phi) is 5.10. The molecule has 1 atom stereocenters. The largest absolute Gasteiger partial charge is 0.296 e. The molecule has 1 fully saturated rings. The Bertz CT molecular complexity index is 912. The van der Waals surface area contributed by atoms with Crippen LogP contribution in [0.25, 0.3) is 0 Å². The average Bonchev–Trinajstić information content (AvgIpc) is 2.98. The molecule has 0 radical (unpaired) electrons. The van der Waals surface area contributed by atoms with Crippen molar-refractivity contribution in [1.29, 1.82) is 0 Å². The third-order valence-electron chi connectivity index (χ3n) is 4.48. The van der Waals surface area contributed by atoms with Gasteiger partial charge in [0.25, 0.3) is 0 Å². The van der Waals surface area contributed by atoms with Gasteiger partial charge in [0.1, 0.15) is 17.7 Å². The number of hydrogen-bond acceptors (Lipinski definition) is 4. The van der Waals surface area contributed by atoms with E-state index in [0.29, 0.717) is 30.8 Å². The number of piperidine rings is 1. The zero-order valence-corrected chi connectivity index (χ0v) is 15.5. The lowest BCUT2D eigenvalue weighted by atomic mass is 10.0. The van der Waals surface area contributed by atoms with Gasteiger partial charge >= 0.3 is 0 Å². The summed E-state index contributed by atoms with van der Waals surface area (Å²) in [4.78, 5) is 14.6. The second kappa shape index (κ2) is 7.16. The van der Waals surface area contributed by atoms with Crippen molar-refractivity contribution in [2.45, 2.75) is 25.4 Å². The smallest absolute Gasteiger partial charge is 0.246 e. The van der Waals surface area contributed by atoms with Crippen LogP contribution < -0.4 is 4.90 Å². The predicted molar refractivity (Wildman–Crippen MR) is 95.4 cm³/mol. The number of halogens is 1. The van der Waals surface area contributed by atoms with Crippen molar-refractivity contribution in [3.05, 3.63) is 47.9 Å². The second-order valence-electron chi connectivity index (χ2n) is 6.40. The van der Waals surface area contributed by atoms with E-state index >= 15 is 0 Å². The summed E-state index contributed by atoms with van der Waals surface area (Å²) in [6, 6.07) is 6.65. The molecule has 140 valence electrons. The van der Waals surface area contributed by atoms with Gasteiger partial charge in [-0.25, -0.2) is 12.8 Å². The summed E-state index contributed by atoms with van der Waals surface area (Å²) >= 11 is 0. The van der Waals surface area contributed by atoms with Gasteiger partial charge in [0.2, 0.25) is 15.9 Å². The molecule has 9 heteroatoms. The minimum Gasteiger partial charge on any atom is -0.296 e. The van der Waals surface area contributed by atoms with Crippen molar-refractivity contribution in [3.8, 4) is 0 Å². The van der Waals surface area contributed by atoms with Gasteiger partial charge in [-0.1, -0.05) is 12.1 Å². The summed E-state index contributed by atoms with van der Waals surface area (Å²) in [7, 11) is -1.94. The van der Waals surface area contributed by atoms with E-state index in [1.54, 1.807) is 35.0 Å². The maximum absolute atomic E-state index is 13.5. The average molecular weight is 380 g/mol. The van der Waals surface area contributed by atoms with Gasteiger partial charge in [0, 0.05) is 26.2 Å². The summed E-state index contributed by atoms with van der Waals surface area (Å²) in [5, 5.41) is 4.07. The van der Waals surface area contributed by atoms with Crippen LogP contribution in [0.1, 0.15) is 18.4 Å². The number of carbonyl (C=O) groups excluding carboxylic acids is 1. The fourth-order valence-corrected chi connectivity index (χ4v) is 4.30. The quantitative estimate of drug-likeness (QED) is 0.788.